The van der Waals surface area contributed by atoms with Crippen molar-refractivity contribution in [3.63, 3.8) is 0 Å². The van der Waals surface area contributed by atoms with Gasteiger partial charge in [0.2, 0.25) is 0 Å². The SMILES string of the molecule is CCCNC(C)c1cccc(OCc2ccn(C)n2)c1. The van der Waals surface area contributed by atoms with Gasteiger partial charge in [0.1, 0.15) is 12.4 Å². The Balaban J connectivity index is 1.95. The van der Waals surface area contributed by atoms with Gasteiger partial charge in [0.15, 0.2) is 0 Å². The number of aryl methyl sites for hydroxylation is 1. The molecule has 0 radical (unpaired) electrons. The molecule has 0 fully saturated rings. The maximum absolute atomic E-state index is 5.80. The van der Waals surface area contributed by atoms with Gasteiger partial charge in [-0.2, -0.15) is 5.10 Å². The van der Waals surface area contributed by atoms with Crippen molar-refractivity contribution in [2.24, 2.45) is 7.05 Å². The molecule has 2 rings (SSSR count). The molecule has 1 unspecified atom stereocenters. The minimum Gasteiger partial charge on any atom is -0.487 e. The van der Waals surface area contributed by atoms with E-state index in [0.29, 0.717) is 12.6 Å². The molecule has 1 N–H and O–H groups in total. The molecular weight excluding hydrogens is 250 g/mol. The van der Waals surface area contributed by atoms with Crippen molar-refractivity contribution in [2.45, 2.75) is 32.9 Å². The number of nitrogens with one attached hydrogen (secondary N) is 1. The number of nitrogens with zero attached hydrogens (tertiary/aromatic N) is 2. The minimum absolute atomic E-state index is 0.341. The Bertz CT molecular complexity index is 536. The summed E-state index contributed by atoms with van der Waals surface area (Å²) in [6.07, 6.45) is 3.06. The van der Waals surface area contributed by atoms with Crippen molar-refractivity contribution < 1.29 is 4.74 Å². The molecule has 4 nitrogen and oxygen atoms in total. The van der Waals surface area contributed by atoms with E-state index in [1.54, 1.807) is 4.68 Å². The van der Waals surface area contributed by atoms with Crippen molar-refractivity contribution in [1.29, 1.82) is 0 Å². The maximum Gasteiger partial charge on any atom is 0.132 e. The van der Waals surface area contributed by atoms with Crippen LogP contribution in [0.25, 0.3) is 0 Å². The molecule has 1 heterocycles. The van der Waals surface area contributed by atoms with Crippen LogP contribution in [0.15, 0.2) is 36.5 Å². The second-order valence-electron chi connectivity index (χ2n) is 5.02. The van der Waals surface area contributed by atoms with E-state index in [4.69, 9.17) is 4.74 Å². The summed E-state index contributed by atoms with van der Waals surface area (Å²) in [5.41, 5.74) is 2.19. The van der Waals surface area contributed by atoms with E-state index in [1.807, 2.05) is 31.4 Å². The molecule has 1 aromatic carbocycles. The van der Waals surface area contributed by atoms with E-state index in [9.17, 15) is 0 Å². The van der Waals surface area contributed by atoms with Gasteiger partial charge in [0.25, 0.3) is 0 Å². The average Bonchev–Trinajstić information content (AvgIpc) is 2.88. The Morgan fingerprint density at radius 2 is 2.20 bits per heavy atom. The van der Waals surface area contributed by atoms with E-state index in [0.717, 1.165) is 24.4 Å². The van der Waals surface area contributed by atoms with E-state index in [2.05, 4.69) is 36.4 Å². The summed E-state index contributed by atoms with van der Waals surface area (Å²) >= 11 is 0. The van der Waals surface area contributed by atoms with Crippen molar-refractivity contribution in [1.82, 2.24) is 15.1 Å². The third-order valence-corrected chi connectivity index (χ3v) is 3.21. The molecule has 0 saturated carbocycles. The molecule has 0 spiro atoms. The molecule has 0 saturated heterocycles. The van der Waals surface area contributed by atoms with Gasteiger partial charge in [0.05, 0.1) is 5.69 Å². The van der Waals surface area contributed by atoms with Gasteiger partial charge in [0, 0.05) is 19.3 Å². The minimum atomic E-state index is 0.341. The predicted molar refractivity (Wildman–Crippen MR) is 80.7 cm³/mol. The number of hydrogen-bond acceptors (Lipinski definition) is 3. The zero-order valence-corrected chi connectivity index (χ0v) is 12.5. The molecule has 4 heteroatoms. The highest BCUT2D eigenvalue weighted by Gasteiger charge is 2.06. The Morgan fingerprint density at radius 3 is 2.90 bits per heavy atom. The van der Waals surface area contributed by atoms with Crippen LogP contribution in [0.5, 0.6) is 5.75 Å². The molecule has 0 aliphatic rings. The molecule has 1 aromatic heterocycles. The van der Waals surface area contributed by atoms with Crippen LogP contribution in [-0.2, 0) is 13.7 Å². The summed E-state index contributed by atoms with van der Waals surface area (Å²) in [5, 5.41) is 7.78. The number of hydrogen-bond donors (Lipinski definition) is 1. The van der Waals surface area contributed by atoms with Crippen molar-refractivity contribution in [3.8, 4) is 5.75 Å². The number of aromatic nitrogens is 2. The summed E-state index contributed by atoms with van der Waals surface area (Å²) in [6.45, 7) is 5.88. The lowest BCUT2D eigenvalue weighted by molar-refractivity contribution is 0.299. The fraction of sp³-hybridized carbons (Fsp3) is 0.438. The highest BCUT2D eigenvalue weighted by molar-refractivity contribution is 5.30. The van der Waals surface area contributed by atoms with Crippen LogP contribution in [0.4, 0.5) is 0 Å². The molecule has 20 heavy (non-hydrogen) atoms. The molecule has 2 aromatic rings. The van der Waals surface area contributed by atoms with Crippen LogP contribution in [0.3, 0.4) is 0 Å². The third-order valence-electron chi connectivity index (χ3n) is 3.21. The third kappa shape index (κ3) is 4.10. The summed E-state index contributed by atoms with van der Waals surface area (Å²) < 4.78 is 7.58. The molecule has 108 valence electrons. The van der Waals surface area contributed by atoms with Crippen LogP contribution in [0.1, 0.15) is 37.6 Å². The van der Waals surface area contributed by atoms with Gasteiger partial charge in [-0.1, -0.05) is 19.1 Å². The zero-order chi connectivity index (χ0) is 14.4. The lowest BCUT2D eigenvalue weighted by Crippen LogP contribution is -2.19. The van der Waals surface area contributed by atoms with Crippen molar-refractivity contribution in [3.05, 3.63) is 47.8 Å². The van der Waals surface area contributed by atoms with Gasteiger partial charge >= 0.3 is 0 Å². The highest BCUT2D eigenvalue weighted by atomic mass is 16.5. The summed E-state index contributed by atoms with van der Waals surface area (Å²) in [5.74, 6) is 0.887. The second-order valence-corrected chi connectivity index (χ2v) is 5.02. The summed E-state index contributed by atoms with van der Waals surface area (Å²) in [4.78, 5) is 0. The second kappa shape index (κ2) is 7.10. The standard InChI is InChI=1S/C16H23N3O/c1-4-9-17-13(2)14-6-5-7-16(11-14)20-12-15-8-10-19(3)18-15/h5-8,10-11,13,17H,4,9,12H2,1-3H3. The average molecular weight is 273 g/mol. The molecule has 0 bridgehead atoms. The maximum atomic E-state index is 5.80. The van der Waals surface area contributed by atoms with Crippen LogP contribution in [-0.4, -0.2) is 16.3 Å². The Kier molecular flexibility index (Phi) is 5.18. The fourth-order valence-corrected chi connectivity index (χ4v) is 2.05. The van der Waals surface area contributed by atoms with Crippen LogP contribution < -0.4 is 10.1 Å². The highest BCUT2D eigenvalue weighted by Crippen LogP contribution is 2.19. The normalized spacial score (nSPS) is 12.3. The van der Waals surface area contributed by atoms with E-state index < -0.39 is 0 Å². The van der Waals surface area contributed by atoms with Crippen LogP contribution in [0.2, 0.25) is 0 Å². The molecule has 0 aliphatic heterocycles. The first kappa shape index (κ1) is 14.6. The van der Waals surface area contributed by atoms with E-state index in [1.165, 1.54) is 5.56 Å². The number of rotatable bonds is 7. The molecular formula is C16H23N3O. The van der Waals surface area contributed by atoms with Crippen molar-refractivity contribution in [2.75, 3.05) is 6.54 Å². The smallest absolute Gasteiger partial charge is 0.132 e. The fourth-order valence-electron chi connectivity index (χ4n) is 2.05. The van der Waals surface area contributed by atoms with Gasteiger partial charge in [-0.3, -0.25) is 4.68 Å². The predicted octanol–water partition coefficient (Wildman–Crippen LogP) is 3.06. The lowest BCUT2D eigenvalue weighted by atomic mass is 10.1. The van der Waals surface area contributed by atoms with Crippen LogP contribution in [0, 0.1) is 0 Å². The van der Waals surface area contributed by atoms with Crippen molar-refractivity contribution >= 4 is 0 Å². The van der Waals surface area contributed by atoms with E-state index >= 15 is 0 Å². The topological polar surface area (TPSA) is 39.1 Å². The monoisotopic (exact) mass is 273 g/mol. The number of benzene rings is 1. The zero-order valence-electron chi connectivity index (χ0n) is 12.5. The quantitative estimate of drug-likeness (QED) is 0.842. The first-order valence-electron chi connectivity index (χ1n) is 7.13. The summed E-state index contributed by atoms with van der Waals surface area (Å²) in [7, 11) is 1.91. The first-order valence-corrected chi connectivity index (χ1v) is 7.13. The first-order chi connectivity index (χ1) is 9.69. The molecule has 1 atom stereocenters. The van der Waals surface area contributed by atoms with Gasteiger partial charge < -0.3 is 10.1 Å². The molecule has 0 amide bonds. The Morgan fingerprint density at radius 1 is 1.35 bits per heavy atom. The van der Waals surface area contributed by atoms with Gasteiger partial charge in [-0.25, -0.2) is 0 Å². The Labute approximate surface area is 120 Å². The Hall–Kier alpha value is -1.81. The summed E-state index contributed by atoms with van der Waals surface area (Å²) in [6, 6.07) is 10.5. The van der Waals surface area contributed by atoms with Gasteiger partial charge in [-0.05, 0) is 43.7 Å². The van der Waals surface area contributed by atoms with E-state index in [-0.39, 0.29) is 0 Å². The largest absolute Gasteiger partial charge is 0.487 e. The lowest BCUT2D eigenvalue weighted by Gasteiger charge is -2.14. The number of ether oxygens (including phenoxy) is 1. The van der Waals surface area contributed by atoms with Gasteiger partial charge in [-0.15, -0.1) is 0 Å². The van der Waals surface area contributed by atoms with Crippen LogP contribution >= 0.6 is 0 Å². The molecule has 0 aliphatic carbocycles.